The number of nitrogens with one attached hydrogen (secondary N) is 1. The SMILES string of the molecule is Cc1ccc(-c2c(C#N)c(C(F)F)nn2-c2ccc(N[SH](=O)=O)cc2)cc1. The van der Waals surface area contributed by atoms with Crippen LogP contribution in [0.25, 0.3) is 16.9 Å². The van der Waals surface area contributed by atoms with Gasteiger partial charge in [-0.1, -0.05) is 29.8 Å². The molecule has 0 saturated carbocycles. The fraction of sp³-hybridized carbons (Fsp3) is 0.111. The van der Waals surface area contributed by atoms with Crippen molar-refractivity contribution in [2.45, 2.75) is 13.3 Å². The predicted octanol–water partition coefficient (Wildman–Crippen LogP) is 3.60. The highest BCUT2D eigenvalue weighted by molar-refractivity contribution is 7.73. The first-order valence-electron chi connectivity index (χ1n) is 7.80. The lowest BCUT2D eigenvalue weighted by molar-refractivity contribution is 0.145. The summed E-state index contributed by atoms with van der Waals surface area (Å²) in [5, 5.41) is 13.4. The smallest absolute Gasteiger partial charge is 0.283 e. The summed E-state index contributed by atoms with van der Waals surface area (Å²) in [7, 11) is -2.81. The zero-order valence-electron chi connectivity index (χ0n) is 14.1. The van der Waals surface area contributed by atoms with Crippen molar-refractivity contribution in [2.75, 3.05) is 4.72 Å². The molecule has 3 aromatic rings. The van der Waals surface area contributed by atoms with E-state index in [0.29, 0.717) is 16.9 Å². The van der Waals surface area contributed by atoms with Crippen LogP contribution in [0, 0.1) is 18.3 Å². The van der Waals surface area contributed by atoms with Gasteiger partial charge in [0.1, 0.15) is 17.3 Å². The van der Waals surface area contributed by atoms with Crippen LogP contribution in [0.3, 0.4) is 0 Å². The molecule has 0 fully saturated rings. The van der Waals surface area contributed by atoms with E-state index in [0.717, 1.165) is 5.56 Å². The first kappa shape index (κ1) is 18.5. The number of anilines is 1. The summed E-state index contributed by atoms with van der Waals surface area (Å²) in [5.74, 6) is 0. The van der Waals surface area contributed by atoms with E-state index in [1.807, 2.05) is 25.1 Å². The Balaban J connectivity index is 2.19. The molecule has 0 atom stereocenters. The Morgan fingerprint density at radius 2 is 1.74 bits per heavy atom. The van der Waals surface area contributed by atoms with E-state index < -0.39 is 23.0 Å². The van der Waals surface area contributed by atoms with Gasteiger partial charge in [0, 0.05) is 11.3 Å². The molecule has 2 aromatic carbocycles. The summed E-state index contributed by atoms with van der Waals surface area (Å²) >= 11 is 0. The lowest BCUT2D eigenvalue weighted by Crippen LogP contribution is -2.01. The summed E-state index contributed by atoms with van der Waals surface area (Å²) < 4.78 is 51.8. The zero-order chi connectivity index (χ0) is 19.6. The molecule has 0 spiro atoms. The maximum absolute atomic E-state index is 13.4. The summed E-state index contributed by atoms with van der Waals surface area (Å²) in [6.07, 6.45) is -2.91. The second kappa shape index (κ2) is 7.55. The van der Waals surface area contributed by atoms with E-state index in [-0.39, 0.29) is 11.3 Å². The molecular weight excluding hydrogens is 374 g/mol. The highest BCUT2D eigenvalue weighted by Crippen LogP contribution is 2.33. The van der Waals surface area contributed by atoms with Crippen molar-refractivity contribution in [1.29, 1.82) is 5.26 Å². The molecule has 0 aliphatic rings. The van der Waals surface area contributed by atoms with Crippen LogP contribution in [0.2, 0.25) is 0 Å². The molecule has 6 nitrogen and oxygen atoms in total. The first-order valence-corrected chi connectivity index (χ1v) is 8.98. The van der Waals surface area contributed by atoms with Gasteiger partial charge < -0.3 is 0 Å². The highest BCUT2D eigenvalue weighted by atomic mass is 32.2. The molecule has 0 bridgehead atoms. The normalized spacial score (nSPS) is 11.0. The Morgan fingerprint density at radius 1 is 1.11 bits per heavy atom. The average Bonchev–Trinajstić information content (AvgIpc) is 3.02. The minimum absolute atomic E-state index is 0.196. The number of halogens is 2. The van der Waals surface area contributed by atoms with E-state index in [1.165, 1.54) is 28.9 Å². The number of hydrogen-bond donors (Lipinski definition) is 2. The van der Waals surface area contributed by atoms with Crippen molar-refractivity contribution in [3.05, 3.63) is 65.4 Å². The molecule has 3 rings (SSSR count). The number of nitrogens with zero attached hydrogens (tertiary/aromatic N) is 3. The second-order valence-corrected chi connectivity index (χ2v) is 6.45. The maximum atomic E-state index is 13.4. The van der Waals surface area contributed by atoms with Crippen LogP contribution >= 0.6 is 0 Å². The monoisotopic (exact) mass is 388 g/mol. The van der Waals surface area contributed by atoms with Crippen LogP contribution in [-0.2, 0) is 10.9 Å². The van der Waals surface area contributed by atoms with Gasteiger partial charge in [0.15, 0.2) is 0 Å². The van der Waals surface area contributed by atoms with Crippen molar-refractivity contribution in [1.82, 2.24) is 9.78 Å². The predicted molar refractivity (Wildman–Crippen MR) is 97.3 cm³/mol. The summed E-state index contributed by atoms with van der Waals surface area (Å²) in [5.41, 5.74) is 1.76. The number of hydrogen-bond acceptors (Lipinski definition) is 4. The first-order chi connectivity index (χ1) is 12.9. The van der Waals surface area contributed by atoms with E-state index in [9.17, 15) is 22.5 Å². The number of rotatable bonds is 5. The minimum atomic E-state index is -2.91. The Labute approximate surface area is 155 Å². The number of nitriles is 1. The van der Waals surface area contributed by atoms with Gasteiger partial charge in [0.05, 0.1) is 11.4 Å². The fourth-order valence-corrected chi connectivity index (χ4v) is 3.01. The second-order valence-electron chi connectivity index (χ2n) is 5.71. The van der Waals surface area contributed by atoms with Crippen molar-refractivity contribution in [3.63, 3.8) is 0 Å². The van der Waals surface area contributed by atoms with Crippen LogP contribution < -0.4 is 4.72 Å². The molecule has 27 heavy (non-hydrogen) atoms. The van der Waals surface area contributed by atoms with Gasteiger partial charge in [-0.15, -0.1) is 0 Å². The molecule has 0 radical (unpaired) electrons. The molecule has 0 aliphatic heterocycles. The Bertz CT molecular complexity index is 1070. The lowest BCUT2D eigenvalue weighted by atomic mass is 10.0. The lowest BCUT2D eigenvalue weighted by Gasteiger charge is -2.09. The van der Waals surface area contributed by atoms with Crippen LogP contribution in [-0.4, -0.2) is 18.2 Å². The van der Waals surface area contributed by atoms with E-state index in [2.05, 4.69) is 9.82 Å². The van der Waals surface area contributed by atoms with Crippen LogP contribution in [0.4, 0.5) is 14.5 Å². The minimum Gasteiger partial charge on any atom is -0.286 e. The van der Waals surface area contributed by atoms with Gasteiger partial charge in [-0.25, -0.2) is 21.9 Å². The highest BCUT2D eigenvalue weighted by Gasteiger charge is 2.25. The molecule has 0 aliphatic carbocycles. The Hall–Kier alpha value is -3.25. The Kier molecular flexibility index (Phi) is 5.19. The topological polar surface area (TPSA) is 87.8 Å². The molecule has 0 saturated heterocycles. The number of alkyl halides is 2. The molecule has 1 N–H and O–H groups in total. The van der Waals surface area contributed by atoms with Crippen LogP contribution in [0.5, 0.6) is 0 Å². The molecule has 0 amide bonds. The van der Waals surface area contributed by atoms with Crippen molar-refractivity contribution >= 4 is 16.6 Å². The number of aromatic nitrogens is 2. The number of benzene rings is 2. The summed E-state index contributed by atoms with van der Waals surface area (Å²) in [6, 6.07) is 14.9. The maximum Gasteiger partial charge on any atom is 0.283 e. The third-order valence-corrected chi connectivity index (χ3v) is 4.33. The number of aryl methyl sites for hydroxylation is 1. The van der Waals surface area contributed by atoms with Gasteiger partial charge in [-0.2, -0.15) is 10.4 Å². The molecule has 138 valence electrons. The summed E-state index contributed by atoms with van der Waals surface area (Å²) in [6.45, 7) is 1.89. The van der Waals surface area contributed by atoms with Gasteiger partial charge in [0.2, 0.25) is 10.9 Å². The van der Waals surface area contributed by atoms with Gasteiger partial charge >= 0.3 is 0 Å². The van der Waals surface area contributed by atoms with E-state index in [4.69, 9.17) is 0 Å². The molecule has 1 aromatic heterocycles. The number of thiol groups is 1. The van der Waals surface area contributed by atoms with Crippen LogP contribution in [0.15, 0.2) is 48.5 Å². The van der Waals surface area contributed by atoms with Crippen molar-refractivity contribution in [3.8, 4) is 23.0 Å². The summed E-state index contributed by atoms with van der Waals surface area (Å²) in [4.78, 5) is 0. The van der Waals surface area contributed by atoms with E-state index >= 15 is 0 Å². The average molecular weight is 388 g/mol. The molecular formula is C18H14F2N4O2S. The van der Waals surface area contributed by atoms with E-state index in [1.54, 1.807) is 12.1 Å². The molecule has 9 heteroatoms. The molecule has 0 unspecified atom stereocenters. The van der Waals surface area contributed by atoms with Crippen LogP contribution in [0.1, 0.15) is 23.2 Å². The van der Waals surface area contributed by atoms with Crippen molar-refractivity contribution < 1.29 is 17.2 Å². The van der Waals surface area contributed by atoms with Crippen molar-refractivity contribution in [2.24, 2.45) is 0 Å². The third-order valence-electron chi connectivity index (χ3n) is 3.89. The largest absolute Gasteiger partial charge is 0.286 e. The fourth-order valence-electron chi connectivity index (χ4n) is 2.65. The van der Waals surface area contributed by atoms with Gasteiger partial charge in [-0.3, -0.25) is 4.72 Å². The van der Waals surface area contributed by atoms with Gasteiger partial charge in [0.25, 0.3) is 6.43 Å². The quantitative estimate of drug-likeness (QED) is 0.654. The Morgan fingerprint density at radius 3 is 2.26 bits per heavy atom. The zero-order valence-corrected chi connectivity index (χ0v) is 15.0. The standard InChI is InChI=1S/C18H14F2N4O2S/c1-11-2-4-12(5-3-11)17-15(10-21)16(18(19)20)22-24(17)14-8-6-13(7-9-14)23-27(25)26/h2-9,18,27H,1H3,(H,23,25,26). The molecule has 1 heterocycles. The third kappa shape index (κ3) is 3.80. The van der Waals surface area contributed by atoms with Gasteiger partial charge in [-0.05, 0) is 31.2 Å².